The van der Waals surface area contributed by atoms with Crippen molar-refractivity contribution < 1.29 is 4.74 Å². The van der Waals surface area contributed by atoms with Gasteiger partial charge in [0.05, 0.1) is 12.8 Å². The first-order chi connectivity index (χ1) is 7.54. The molecule has 1 aromatic rings. The predicted octanol–water partition coefficient (Wildman–Crippen LogP) is 1.53. The Kier molecular flexibility index (Phi) is 2.84. The van der Waals surface area contributed by atoms with E-state index in [1.165, 1.54) is 0 Å². The molecule has 1 saturated carbocycles. The summed E-state index contributed by atoms with van der Waals surface area (Å²) in [4.78, 5) is 8.71. The molecule has 1 aromatic heterocycles. The van der Waals surface area contributed by atoms with Crippen LogP contribution >= 0.6 is 0 Å². The van der Waals surface area contributed by atoms with Crippen LogP contribution < -0.4 is 10.5 Å². The van der Waals surface area contributed by atoms with Crippen LogP contribution in [0.15, 0.2) is 0 Å². The first-order valence-electron chi connectivity index (χ1n) is 5.71. The zero-order valence-corrected chi connectivity index (χ0v) is 10.2. The predicted molar refractivity (Wildman–Crippen MR) is 62.5 cm³/mol. The highest BCUT2D eigenvalue weighted by molar-refractivity contribution is 5.29. The smallest absolute Gasteiger partial charge is 0.219 e. The van der Waals surface area contributed by atoms with Gasteiger partial charge in [-0.2, -0.15) is 4.98 Å². The Bertz CT molecular complexity index is 399. The second kappa shape index (κ2) is 4.01. The standard InChI is InChI=1S/C12H19N3O/c1-8-10(4-5-12(13)6-7-12)14-9(2)15-11(8)16-3/h4-7,13H2,1-3H3. The van der Waals surface area contributed by atoms with E-state index in [2.05, 4.69) is 9.97 Å². The number of nitrogens with two attached hydrogens (primary N) is 1. The van der Waals surface area contributed by atoms with E-state index < -0.39 is 0 Å². The molecule has 16 heavy (non-hydrogen) atoms. The van der Waals surface area contributed by atoms with Gasteiger partial charge < -0.3 is 10.5 Å². The van der Waals surface area contributed by atoms with E-state index in [1.54, 1.807) is 7.11 Å². The fourth-order valence-corrected chi connectivity index (χ4v) is 1.88. The van der Waals surface area contributed by atoms with Crippen molar-refractivity contribution in [2.45, 2.75) is 45.1 Å². The van der Waals surface area contributed by atoms with Crippen molar-refractivity contribution in [2.24, 2.45) is 5.73 Å². The first-order valence-corrected chi connectivity index (χ1v) is 5.71. The number of aromatic nitrogens is 2. The third-order valence-electron chi connectivity index (χ3n) is 3.26. The van der Waals surface area contributed by atoms with Gasteiger partial charge in [-0.15, -0.1) is 0 Å². The molecule has 0 aromatic carbocycles. The van der Waals surface area contributed by atoms with Crippen LogP contribution in [-0.2, 0) is 6.42 Å². The van der Waals surface area contributed by atoms with E-state index in [0.717, 1.165) is 42.8 Å². The highest BCUT2D eigenvalue weighted by atomic mass is 16.5. The third-order valence-corrected chi connectivity index (χ3v) is 3.26. The topological polar surface area (TPSA) is 61.0 Å². The van der Waals surface area contributed by atoms with Crippen molar-refractivity contribution in [1.82, 2.24) is 9.97 Å². The summed E-state index contributed by atoms with van der Waals surface area (Å²) in [5, 5.41) is 0. The van der Waals surface area contributed by atoms with Crippen molar-refractivity contribution in [1.29, 1.82) is 0 Å². The molecule has 88 valence electrons. The van der Waals surface area contributed by atoms with Crippen LogP contribution in [0, 0.1) is 13.8 Å². The number of nitrogens with zero attached hydrogens (tertiary/aromatic N) is 2. The summed E-state index contributed by atoms with van der Waals surface area (Å²) >= 11 is 0. The molecule has 1 heterocycles. The maximum atomic E-state index is 6.08. The maximum absolute atomic E-state index is 6.08. The molecule has 4 nitrogen and oxygen atoms in total. The summed E-state index contributed by atoms with van der Waals surface area (Å²) in [5.74, 6) is 1.45. The van der Waals surface area contributed by atoms with Gasteiger partial charge in [0.25, 0.3) is 0 Å². The SMILES string of the molecule is COc1nc(C)nc(CCC2(N)CC2)c1C. The molecule has 0 atom stereocenters. The summed E-state index contributed by atoms with van der Waals surface area (Å²) in [6, 6.07) is 0. The van der Waals surface area contributed by atoms with Crippen molar-refractivity contribution in [3.8, 4) is 5.88 Å². The highest BCUT2D eigenvalue weighted by Crippen LogP contribution is 2.36. The molecule has 0 amide bonds. The second-order valence-electron chi connectivity index (χ2n) is 4.71. The Morgan fingerprint density at radius 1 is 1.31 bits per heavy atom. The maximum Gasteiger partial charge on any atom is 0.219 e. The van der Waals surface area contributed by atoms with Crippen molar-refractivity contribution in [3.05, 3.63) is 17.1 Å². The molecule has 0 radical (unpaired) electrons. The molecule has 0 aliphatic heterocycles. The summed E-state index contributed by atoms with van der Waals surface area (Å²) in [7, 11) is 1.64. The minimum atomic E-state index is 0.0819. The average Bonchev–Trinajstić information content (AvgIpc) is 2.98. The number of aryl methyl sites for hydroxylation is 2. The largest absolute Gasteiger partial charge is 0.481 e. The zero-order chi connectivity index (χ0) is 11.8. The molecule has 0 saturated heterocycles. The Balaban J connectivity index is 2.15. The highest BCUT2D eigenvalue weighted by Gasteiger charge is 2.37. The lowest BCUT2D eigenvalue weighted by Crippen LogP contribution is -2.22. The van der Waals surface area contributed by atoms with E-state index in [1.807, 2.05) is 13.8 Å². The van der Waals surface area contributed by atoms with Gasteiger partial charge in [-0.25, -0.2) is 4.98 Å². The summed E-state index contributed by atoms with van der Waals surface area (Å²) < 4.78 is 5.23. The van der Waals surface area contributed by atoms with Crippen molar-refractivity contribution >= 4 is 0 Å². The number of rotatable bonds is 4. The summed E-state index contributed by atoms with van der Waals surface area (Å²) in [6.07, 6.45) is 4.22. The van der Waals surface area contributed by atoms with Gasteiger partial charge in [0.15, 0.2) is 0 Å². The van der Waals surface area contributed by atoms with Gasteiger partial charge in [-0.1, -0.05) is 0 Å². The Hall–Kier alpha value is -1.16. The normalized spacial score (nSPS) is 17.2. The monoisotopic (exact) mass is 221 g/mol. The van der Waals surface area contributed by atoms with Crippen LogP contribution in [0.1, 0.15) is 36.3 Å². The van der Waals surface area contributed by atoms with E-state index in [4.69, 9.17) is 10.5 Å². The van der Waals surface area contributed by atoms with Crippen molar-refractivity contribution in [3.63, 3.8) is 0 Å². The van der Waals surface area contributed by atoms with Gasteiger partial charge in [0, 0.05) is 11.1 Å². The fourth-order valence-electron chi connectivity index (χ4n) is 1.88. The lowest BCUT2D eigenvalue weighted by atomic mass is 10.1. The van der Waals surface area contributed by atoms with Crippen LogP contribution in [0.4, 0.5) is 0 Å². The number of ether oxygens (including phenoxy) is 1. The van der Waals surface area contributed by atoms with E-state index in [9.17, 15) is 0 Å². The van der Waals surface area contributed by atoms with Crippen LogP contribution in [0.5, 0.6) is 5.88 Å². The van der Waals surface area contributed by atoms with Gasteiger partial charge in [0.2, 0.25) is 5.88 Å². The van der Waals surface area contributed by atoms with E-state index in [0.29, 0.717) is 5.88 Å². The Morgan fingerprint density at radius 2 is 2.00 bits per heavy atom. The molecule has 4 heteroatoms. The van der Waals surface area contributed by atoms with Gasteiger partial charge >= 0.3 is 0 Å². The van der Waals surface area contributed by atoms with Gasteiger partial charge in [-0.05, 0) is 39.5 Å². The molecule has 2 N–H and O–H groups in total. The molecule has 0 unspecified atom stereocenters. The van der Waals surface area contributed by atoms with Crippen molar-refractivity contribution in [2.75, 3.05) is 7.11 Å². The summed E-state index contributed by atoms with van der Waals surface area (Å²) in [5.41, 5.74) is 8.27. The second-order valence-corrected chi connectivity index (χ2v) is 4.71. The Labute approximate surface area is 96.2 Å². The molecular weight excluding hydrogens is 202 g/mol. The molecular formula is C12H19N3O. The summed E-state index contributed by atoms with van der Waals surface area (Å²) in [6.45, 7) is 3.89. The number of hydrogen-bond acceptors (Lipinski definition) is 4. The van der Waals surface area contributed by atoms with Crippen LogP contribution in [-0.4, -0.2) is 22.6 Å². The molecule has 1 fully saturated rings. The molecule has 0 spiro atoms. The zero-order valence-electron chi connectivity index (χ0n) is 10.2. The number of methoxy groups -OCH3 is 1. The minimum absolute atomic E-state index is 0.0819. The quantitative estimate of drug-likeness (QED) is 0.837. The van der Waals surface area contributed by atoms with Gasteiger partial charge in [0.1, 0.15) is 5.82 Å². The van der Waals surface area contributed by atoms with Gasteiger partial charge in [-0.3, -0.25) is 0 Å². The molecule has 2 rings (SSSR count). The third kappa shape index (κ3) is 2.32. The fraction of sp³-hybridized carbons (Fsp3) is 0.667. The average molecular weight is 221 g/mol. The molecule has 1 aliphatic carbocycles. The van der Waals surface area contributed by atoms with Crippen LogP contribution in [0.25, 0.3) is 0 Å². The van der Waals surface area contributed by atoms with E-state index in [-0.39, 0.29) is 5.54 Å². The molecule has 0 bridgehead atoms. The Morgan fingerprint density at radius 3 is 2.56 bits per heavy atom. The van der Waals surface area contributed by atoms with Crippen LogP contribution in [0.3, 0.4) is 0 Å². The minimum Gasteiger partial charge on any atom is -0.481 e. The molecule has 1 aliphatic rings. The van der Waals surface area contributed by atoms with Crippen LogP contribution in [0.2, 0.25) is 0 Å². The number of hydrogen-bond donors (Lipinski definition) is 1. The first kappa shape index (κ1) is 11.3. The van der Waals surface area contributed by atoms with E-state index >= 15 is 0 Å². The lowest BCUT2D eigenvalue weighted by molar-refractivity contribution is 0.390. The lowest BCUT2D eigenvalue weighted by Gasteiger charge is -2.12.